The summed E-state index contributed by atoms with van der Waals surface area (Å²) in [4.78, 5) is 23.5. The molecule has 1 aromatic rings. The zero-order valence-corrected chi connectivity index (χ0v) is 12.4. The van der Waals surface area contributed by atoms with Gasteiger partial charge in [0.05, 0.1) is 12.0 Å². The van der Waals surface area contributed by atoms with Gasteiger partial charge in [0.25, 0.3) is 0 Å². The first-order valence-corrected chi connectivity index (χ1v) is 7.39. The second kappa shape index (κ2) is 5.48. The Morgan fingerprint density at radius 3 is 2.77 bits per heavy atom. The zero-order valence-electron chi connectivity index (χ0n) is 12.4. The summed E-state index contributed by atoms with van der Waals surface area (Å²) in [5.74, 6) is -1.41. The maximum atomic E-state index is 12.0. The molecule has 0 radical (unpaired) electrons. The smallest absolute Gasteiger partial charge is 0.407 e. The number of rotatable bonds is 4. The standard InChI is InChI=1S/C17H19NO4/c1-17-8-7-12(9-17)14(13(17)15(19)20)18-16(21)22-10-11-5-3-2-4-6-11/h2-8,12-14H,9-10H2,1H3,(H,18,21)(H,19,20)/t12-,13+,14-,17+/m0/s1. The molecule has 2 bridgehead atoms. The van der Waals surface area contributed by atoms with Gasteiger partial charge in [0, 0.05) is 5.41 Å². The first-order valence-electron chi connectivity index (χ1n) is 7.39. The molecule has 0 aliphatic heterocycles. The van der Waals surface area contributed by atoms with Crippen molar-refractivity contribution in [2.24, 2.45) is 17.3 Å². The molecule has 3 rings (SSSR count). The van der Waals surface area contributed by atoms with Crippen LogP contribution in [-0.4, -0.2) is 23.2 Å². The first-order chi connectivity index (χ1) is 10.5. The predicted molar refractivity (Wildman–Crippen MR) is 80.0 cm³/mol. The number of benzene rings is 1. The Balaban J connectivity index is 1.62. The maximum absolute atomic E-state index is 12.0. The van der Waals surface area contributed by atoms with Gasteiger partial charge in [-0.1, -0.05) is 49.4 Å². The molecular formula is C17H19NO4. The van der Waals surface area contributed by atoms with Crippen molar-refractivity contribution in [1.29, 1.82) is 0 Å². The van der Waals surface area contributed by atoms with Crippen molar-refractivity contribution < 1.29 is 19.4 Å². The van der Waals surface area contributed by atoms with E-state index in [4.69, 9.17) is 4.74 Å². The maximum Gasteiger partial charge on any atom is 0.407 e. The van der Waals surface area contributed by atoms with Crippen molar-refractivity contribution in [2.75, 3.05) is 0 Å². The van der Waals surface area contributed by atoms with Gasteiger partial charge in [0.15, 0.2) is 0 Å². The van der Waals surface area contributed by atoms with E-state index in [9.17, 15) is 14.7 Å². The van der Waals surface area contributed by atoms with Crippen molar-refractivity contribution in [2.45, 2.75) is 26.0 Å². The summed E-state index contributed by atoms with van der Waals surface area (Å²) in [5.41, 5.74) is 0.515. The van der Waals surface area contributed by atoms with Crippen LogP contribution in [0.25, 0.3) is 0 Å². The highest BCUT2D eigenvalue weighted by molar-refractivity contribution is 5.76. The van der Waals surface area contributed by atoms with Gasteiger partial charge < -0.3 is 15.2 Å². The van der Waals surface area contributed by atoms with Gasteiger partial charge in [0.2, 0.25) is 0 Å². The van der Waals surface area contributed by atoms with Gasteiger partial charge in [-0.2, -0.15) is 0 Å². The fraction of sp³-hybridized carbons (Fsp3) is 0.412. The van der Waals surface area contributed by atoms with E-state index in [2.05, 4.69) is 5.32 Å². The number of carbonyl (C=O) groups is 2. The third-order valence-electron chi connectivity index (χ3n) is 4.69. The van der Waals surface area contributed by atoms with Crippen LogP contribution in [0.3, 0.4) is 0 Å². The van der Waals surface area contributed by atoms with Crippen LogP contribution >= 0.6 is 0 Å². The summed E-state index contributed by atoms with van der Waals surface area (Å²) in [6, 6.07) is 8.97. The summed E-state index contributed by atoms with van der Waals surface area (Å²) in [5, 5.41) is 12.2. The second-order valence-corrected chi connectivity index (χ2v) is 6.28. The molecule has 0 spiro atoms. The number of carbonyl (C=O) groups excluding carboxylic acids is 1. The number of amides is 1. The predicted octanol–water partition coefficient (Wildman–Crippen LogP) is 2.58. The van der Waals surface area contributed by atoms with Gasteiger partial charge in [-0.05, 0) is 17.9 Å². The quantitative estimate of drug-likeness (QED) is 0.838. The molecule has 2 aliphatic carbocycles. The second-order valence-electron chi connectivity index (χ2n) is 6.28. The Labute approximate surface area is 129 Å². The Morgan fingerprint density at radius 2 is 2.09 bits per heavy atom. The summed E-state index contributed by atoms with van der Waals surface area (Å²) < 4.78 is 5.19. The van der Waals surface area contributed by atoms with E-state index >= 15 is 0 Å². The molecule has 4 atom stereocenters. The lowest BCUT2D eigenvalue weighted by Crippen LogP contribution is -2.47. The first kappa shape index (κ1) is 14.6. The molecule has 1 aromatic carbocycles. The topological polar surface area (TPSA) is 75.6 Å². The van der Waals surface area contributed by atoms with Crippen LogP contribution in [-0.2, 0) is 16.1 Å². The van der Waals surface area contributed by atoms with Gasteiger partial charge in [-0.25, -0.2) is 4.79 Å². The monoisotopic (exact) mass is 301 g/mol. The Bertz CT molecular complexity index is 612. The molecule has 2 N–H and O–H groups in total. The molecule has 1 fully saturated rings. The molecule has 5 nitrogen and oxygen atoms in total. The minimum Gasteiger partial charge on any atom is -0.481 e. The van der Waals surface area contributed by atoms with Crippen LogP contribution in [0.1, 0.15) is 18.9 Å². The van der Waals surface area contributed by atoms with Crippen molar-refractivity contribution in [3.8, 4) is 0 Å². The Kier molecular flexibility index (Phi) is 3.64. The van der Waals surface area contributed by atoms with E-state index < -0.39 is 24.0 Å². The molecule has 1 saturated carbocycles. The van der Waals surface area contributed by atoms with Gasteiger partial charge in [0.1, 0.15) is 6.61 Å². The lowest BCUT2D eigenvalue weighted by atomic mass is 9.78. The molecule has 0 aromatic heterocycles. The van der Waals surface area contributed by atoms with Gasteiger partial charge in [-0.15, -0.1) is 0 Å². The number of carboxylic acid groups (broad SMARTS) is 1. The molecule has 0 unspecified atom stereocenters. The van der Waals surface area contributed by atoms with Crippen LogP contribution in [0.4, 0.5) is 4.79 Å². The Hall–Kier alpha value is -2.30. The van der Waals surface area contributed by atoms with E-state index in [0.29, 0.717) is 0 Å². The number of hydrogen-bond donors (Lipinski definition) is 2. The molecule has 2 aliphatic rings. The van der Waals surface area contributed by atoms with Crippen LogP contribution < -0.4 is 5.32 Å². The van der Waals surface area contributed by atoms with Gasteiger partial charge >= 0.3 is 12.1 Å². The normalized spacial score (nSPS) is 32.0. The van der Waals surface area contributed by atoms with Crippen LogP contribution in [0.2, 0.25) is 0 Å². The van der Waals surface area contributed by atoms with Crippen LogP contribution in [0.5, 0.6) is 0 Å². The Morgan fingerprint density at radius 1 is 1.36 bits per heavy atom. The minimum atomic E-state index is -0.872. The molecular weight excluding hydrogens is 282 g/mol. The van der Waals surface area contributed by atoms with Crippen molar-refractivity contribution in [1.82, 2.24) is 5.32 Å². The van der Waals surface area contributed by atoms with Crippen molar-refractivity contribution in [3.05, 3.63) is 48.0 Å². The average molecular weight is 301 g/mol. The average Bonchev–Trinajstić information content (AvgIpc) is 2.99. The highest BCUT2D eigenvalue weighted by Gasteiger charge is 2.56. The fourth-order valence-corrected chi connectivity index (χ4v) is 3.65. The lowest BCUT2D eigenvalue weighted by Gasteiger charge is -2.30. The van der Waals surface area contributed by atoms with Gasteiger partial charge in [-0.3, -0.25) is 4.79 Å². The fourth-order valence-electron chi connectivity index (χ4n) is 3.65. The van der Waals surface area contributed by atoms with E-state index in [0.717, 1.165) is 12.0 Å². The van der Waals surface area contributed by atoms with Crippen LogP contribution in [0.15, 0.2) is 42.5 Å². The summed E-state index contributed by atoms with van der Waals surface area (Å²) >= 11 is 0. The van der Waals surface area contributed by atoms with E-state index in [1.807, 2.05) is 49.4 Å². The van der Waals surface area contributed by atoms with Crippen molar-refractivity contribution >= 4 is 12.1 Å². The summed E-state index contributed by atoms with van der Waals surface area (Å²) in [6.07, 6.45) is 4.16. The van der Waals surface area contributed by atoms with E-state index in [-0.39, 0.29) is 17.9 Å². The number of nitrogens with one attached hydrogen (secondary N) is 1. The third kappa shape index (κ3) is 2.58. The molecule has 1 amide bonds. The SMILES string of the molecule is C[C@@]12C=C[C@@H](C1)[C@H](NC(=O)OCc1ccccc1)[C@@H]2C(=O)O. The number of ether oxygens (including phenoxy) is 1. The summed E-state index contributed by atoms with van der Waals surface area (Å²) in [7, 11) is 0. The number of carboxylic acids is 1. The van der Waals surface area contributed by atoms with E-state index in [1.54, 1.807) is 0 Å². The highest BCUT2D eigenvalue weighted by Crippen LogP contribution is 2.53. The molecule has 5 heteroatoms. The minimum absolute atomic E-state index is 0.0652. The van der Waals surface area contributed by atoms with Crippen molar-refractivity contribution in [3.63, 3.8) is 0 Å². The number of aliphatic carboxylic acids is 1. The highest BCUT2D eigenvalue weighted by atomic mass is 16.5. The number of fused-ring (bicyclic) bond motifs is 2. The third-order valence-corrected chi connectivity index (χ3v) is 4.69. The lowest BCUT2D eigenvalue weighted by molar-refractivity contribution is -0.145. The zero-order chi connectivity index (χ0) is 15.7. The molecule has 22 heavy (non-hydrogen) atoms. The summed E-state index contributed by atoms with van der Waals surface area (Å²) in [6.45, 7) is 2.11. The molecule has 0 heterocycles. The van der Waals surface area contributed by atoms with Crippen LogP contribution in [0, 0.1) is 17.3 Å². The largest absolute Gasteiger partial charge is 0.481 e. The number of alkyl carbamates (subject to hydrolysis) is 1. The molecule has 116 valence electrons. The molecule has 0 saturated heterocycles. The van der Waals surface area contributed by atoms with E-state index in [1.165, 1.54) is 0 Å². The number of hydrogen-bond acceptors (Lipinski definition) is 3. The number of allylic oxidation sites excluding steroid dienone is 1.